The van der Waals surface area contributed by atoms with Crippen molar-refractivity contribution >= 4 is 37.5 Å². The molecule has 0 heterocycles. The van der Waals surface area contributed by atoms with E-state index in [0.717, 1.165) is 10.9 Å². The first-order valence-electron chi connectivity index (χ1n) is 8.11. The summed E-state index contributed by atoms with van der Waals surface area (Å²) in [5.74, 6) is 0.208. The summed E-state index contributed by atoms with van der Waals surface area (Å²) in [5, 5.41) is 2.79. The molecule has 0 fully saturated rings. The van der Waals surface area contributed by atoms with E-state index in [0.29, 0.717) is 11.4 Å². The third-order valence-corrected chi connectivity index (χ3v) is 5.55. The van der Waals surface area contributed by atoms with Gasteiger partial charge in [0.25, 0.3) is 15.9 Å². The molecule has 2 N–H and O–H groups in total. The van der Waals surface area contributed by atoms with Crippen molar-refractivity contribution in [1.29, 1.82) is 0 Å². The van der Waals surface area contributed by atoms with Crippen LogP contribution in [0.1, 0.15) is 20.3 Å². The van der Waals surface area contributed by atoms with Gasteiger partial charge in [0.15, 0.2) is 6.61 Å². The molecule has 140 valence electrons. The van der Waals surface area contributed by atoms with Gasteiger partial charge < -0.3 is 10.1 Å². The fraction of sp³-hybridized carbons (Fsp3) is 0.278. The highest BCUT2D eigenvalue weighted by Gasteiger charge is 2.14. The highest BCUT2D eigenvalue weighted by Crippen LogP contribution is 2.20. The maximum absolute atomic E-state index is 12.4. The Labute approximate surface area is 162 Å². The number of ether oxygens (including phenoxy) is 1. The first-order valence-corrected chi connectivity index (χ1v) is 10.4. The predicted octanol–water partition coefficient (Wildman–Crippen LogP) is 3.54. The Hall–Kier alpha value is -2.06. The lowest BCUT2D eigenvalue weighted by Gasteiger charge is -2.12. The number of carbonyl (C=O) groups excluding carboxylic acids is 1. The number of nitrogens with one attached hydrogen (secondary N) is 2. The molecule has 0 spiro atoms. The third-order valence-electron chi connectivity index (χ3n) is 3.62. The normalized spacial score (nSPS) is 12.3. The molecule has 1 unspecified atom stereocenters. The molecule has 0 radical (unpaired) electrons. The van der Waals surface area contributed by atoms with Gasteiger partial charge in [0.1, 0.15) is 5.75 Å². The van der Waals surface area contributed by atoms with Gasteiger partial charge in [-0.3, -0.25) is 9.52 Å². The number of anilines is 1. The van der Waals surface area contributed by atoms with Gasteiger partial charge in [0.2, 0.25) is 0 Å². The molecular weight excluding hydrogens is 420 g/mol. The number of carbonyl (C=O) groups is 1. The van der Waals surface area contributed by atoms with E-state index in [-0.39, 0.29) is 23.5 Å². The predicted molar refractivity (Wildman–Crippen MR) is 105 cm³/mol. The van der Waals surface area contributed by atoms with E-state index >= 15 is 0 Å². The average Bonchev–Trinajstić information content (AvgIpc) is 2.62. The van der Waals surface area contributed by atoms with Crippen LogP contribution in [0.4, 0.5) is 5.69 Å². The first kappa shape index (κ1) is 20.3. The largest absolute Gasteiger partial charge is 0.484 e. The fourth-order valence-corrected chi connectivity index (χ4v) is 3.34. The number of rotatable bonds is 8. The van der Waals surface area contributed by atoms with Crippen LogP contribution in [0, 0.1) is 0 Å². The van der Waals surface area contributed by atoms with Crippen molar-refractivity contribution in [2.45, 2.75) is 31.2 Å². The van der Waals surface area contributed by atoms with Gasteiger partial charge in [-0.2, -0.15) is 0 Å². The maximum atomic E-state index is 12.4. The number of hydrogen-bond acceptors (Lipinski definition) is 4. The molecule has 0 aliphatic rings. The minimum absolute atomic E-state index is 0.0864. The molecule has 8 heteroatoms. The van der Waals surface area contributed by atoms with Crippen molar-refractivity contribution < 1.29 is 17.9 Å². The SMILES string of the molecule is CCC(C)NC(=O)COc1ccc(S(=O)(=O)Nc2ccc(Br)cc2)cc1. The maximum Gasteiger partial charge on any atom is 0.261 e. The smallest absolute Gasteiger partial charge is 0.261 e. The standard InChI is InChI=1S/C18H21BrN2O4S/c1-3-13(2)20-18(22)12-25-16-8-10-17(11-9-16)26(23,24)21-15-6-4-14(19)5-7-15/h4-11,13,21H,3,12H2,1-2H3,(H,20,22). The lowest BCUT2D eigenvalue weighted by molar-refractivity contribution is -0.123. The van der Waals surface area contributed by atoms with E-state index in [2.05, 4.69) is 26.0 Å². The van der Waals surface area contributed by atoms with Crippen LogP contribution in [-0.2, 0) is 14.8 Å². The second-order valence-electron chi connectivity index (χ2n) is 5.75. The van der Waals surface area contributed by atoms with E-state index in [1.54, 1.807) is 24.3 Å². The van der Waals surface area contributed by atoms with Crippen LogP contribution >= 0.6 is 15.9 Å². The van der Waals surface area contributed by atoms with Gasteiger partial charge in [0, 0.05) is 16.2 Å². The van der Waals surface area contributed by atoms with Gasteiger partial charge in [-0.05, 0) is 61.9 Å². The zero-order valence-corrected chi connectivity index (χ0v) is 16.9. The lowest BCUT2D eigenvalue weighted by Crippen LogP contribution is -2.35. The first-order chi connectivity index (χ1) is 12.3. The summed E-state index contributed by atoms with van der Waals surface area (Å²) in [7, 11) is -3.69. The Balaban J connectivity index is 1.97. The summed E-state index contributed by atoms with van der Waals surface area (Å²) in [6.07, 6.45) is 0.837. The number of sulfonamides is 1. The molecule has 0 saturated heterocycles. The molecule has 2 rings (SSSR count). The molecule has 1 atom stereocenters. The quantitative estimate of drug-likeness (QED) is 0.657. The van der Waals surface area contributed by atoms with Gasteiger partial charge >= 0.3 is 0 Å². The molecule has 2 aromatic carbocycles. The summed E-state index contributed by atoms with van der Waals surface area (Å²) in [6, 6.07) is 12.8. The van der Waals surface area contributed by atoms with Crippen LogP contribution in [0.25, 0.3) is 0 Å². The summed E-state index contributed by atoms with van der Waals surface area (Å²) < 4.78 is 33.5. The van der Waals surface area contributed by atoms with Crippen LogP contribution < -0.4 is 14.8 Å². The van der Waals surface area contributed by atoms with Crippen LogP contribution in [0.15, 0.2) is 57.9 Å². The zero-order chi connectivity index (χ0) is 19.2. The second kappa shape index (κ2) is 9.05. The van der Waals surface area contributed by atoms with E-state index < -0.39 is 10.0 Å². The van der Waals surface area contributed by atoms with Crippen LogP contribution in [-0.4, -0.2) is 27.0 Å². The molecule has 0 aliphatic heterocycles. The van der Waals surface area contributed by atoms with Crippen molar-refractivity contribution in [3.8, 4) is 5.75 Å². The van der Waals surface area contributed by atoms with Crippen molar-refractivity contribution in [3.05, 3.63) is 53.0 Å². The topological polar surface area (TPSA) is 84.5 Å². The second-order valence-corrected chi connectivity index (χ2v) is 8.35. The van der Waals surface area contributed by atoms with Gasteiger partial charge in [-0.15, -0.1) is 0 Å². The van der Waals surface area contributed by atoms with Gasteiger partial charge in [-0.1, -0.05) is 22.9 Å². The van der Waals surface area contributed by atoms with E-state index in [1.165, 1.54) is 24.3 Å². The summed E-state index contributed by atoms with van der Waals surface area (Å²) in [6.45, 7) is 3.77. The lowest BCUT2D eigenvalue weighted by atomic mass is 10.2. The molecule has 26 heavy (non-hydrogen) atoms. The fourth-order valence-electron chi connectivity index (χ4n) is 2.01. The Morgan fingerprint density at radius 1 is 1.12 bits per heavy atom. The third kappa shape index (κ3) is 6.03. The average molecular weight is 441 g/mol. The highest BCUT2D eigenvalue weighted by molar-refractivity contribution is 9.10. The Morgan fingerprint density at radius 3 is 2.31 bits per heavy atom. The van der Waals surface area contributed by atoms with Crippen LogP contribution in [0.2, 0.25) is 0 Å². The van der Waals surface area contributed by atoms with E-state index in [1.807, 2.05) is 13.8 Å². The van der Waals surface area contributed by atoms with Crippen LogP contribution in [0.3, 0.4) is 0 Å². The van der Waals surface area contributed by atoms with Crippen molar-refractivity contribution in [2.24, 2.45) is 0 Å². The number of amides is 1. The number of benzene rings is 2. The van der Waals surface area contributed by atoms with Crippen LogP contribution in [0.5, 0.6) is 5.75 Å². The molecule has 6 nitrogen and oxygen atoms in total. The van der Waals surface area contributed by atoms with E-state index in [4.69, 9.17) is 4.74 Å². The molecule has 1 amide bonds. The number of halogens is 1. The molecule has 0 aromatic heterocycles. The molecule has 0 saturated carbocycles. The Kier molecular flexibility index (Phi) is 7.05. The Bertz CT molecular complexity index is 836. The summed E-state index contributed by atoms with van der Waals surface area (Å²) >= 11 is 3.30. The minimum atomic E-state index is -3.69. The highest BCUT2D eigenvalue weighted by atomic mass is 79.9. The molecule has 2 aromatic rings. The van der Waals surface area contributed by atoms with Gasteiger partial charge in [0.05, 0.1) is 4.90 Å². The van der Waals surface area contributed by atoms with Crippen molar-refractivity contribution in [2.75, 3.05) is 11.3 Å². The van der Waals surface area contributed by atoms with Crippen molar-refractivity contribution in [3.63, 3.8) is 0 Å². The van der Waals surface area contributed by atoms with Gasteiger partial charge in [-0.25, -0.2) is 8.42 Å². The zero-order valence-electron chi connectivity index (χ0n) is 14.5. The number of hydrogen-bond donors (Lipinski definition) is 2. The Morgan fingerprint density at radius 2 is 1.73 bits per heavy atom. The molecular formula is C18H21BrN2O4S. The minimum Gasteiger partial charge on any atom is -0.484 e. The summed E-state index contributed by atoms with van der Waals surface area (Å²) in [4.78, 5) is 11.8. The van der Waals surface area contributed by atoms with E-state index in [9.17, 15) is 13.2 Å². The summed E-state index contributed by atoms with van der Waals surface area (Å²) in [5.41, 5.74) is 0.468. The van der Waals surface area contributed by atoms with Crippen molar-refractivity contribution in [1.82, 2.24) is 5.32 Å². The monoisotopic (exact) mass is 440 g/mol. The molecule has 0 bridgehead atoms. The molecule has 0 aliphatic carbocycles.